The molecule has 0 bridgehead atoms. The van der Waals surface area contributed by atoms with Gasteiger partial charge < -0.3 is 8.94 Å². The molecule has 1 N–H and O–H groups in total. The van der Waals surface area contributed by atoms with Crippen LogP contribution in [0, 0.1) is 0 Å². The second kappa shape index (κ2) is 8.36. The van der Waals surface area contributed by atoms with E-state index >= 15 is 0 Å². The van der Waals surface area contributed by atoms with Crippen molar-refractivity contribution < 1.29 is 13.7 Å². The molecule has 4 aromatic rings. The fraction of sp³-hybridized carbons (Fsp3) is 0.0588. The molecule has 3 heterocycles. The predicted octanol–water partition coefficient (Wildman–Crippen LogP) is 5.64. The van der Waals surface area contributed by atoms with E-state index in [1.165, 1.54) is 35.4 Å². The van der Waals surface area contributed by atoms with Crippen LogP contribution in [-0.2, 0) is 5.75 Å². The monoisotopic (exact) mass is 452 g/mol. The Morgan fingerprint density at radius 3 is 2.86 bits per heavy atom. The van der Waals surface area contributed by atoms with Gasteiger partial charge in [0.15, 0.2) is 15.8 Å². The molecule has 0 aliphatic heterocycles. The molecule has 0 aliphatic carbocycles. The zero-order chi connectivity index (χ0) is 19.5. The van der Waals surface area contributed by atoms with Crippen molar-refractivity contribution in [2.24, 2.45) is 0 Å². The van der Waals surface area contributed by atoms with Gasteiger partial charge in [-0.15, -0.1) is 10.2 Å². The molecule has 1 amide bonds. The summed E-state index contributed by atoms with van der Waals surface area (Å²) in [6.07, 6.45) is 1.51. The molecule has 0 fully saturated rings. The number of hydrogen-bond donors (Lipinski definition) is 1. The van der Waals surface area contributed by atoms with E-state index in [4.69, 9.17) is 32.1 Å². The van der Waals surface area contributed by atoms with E-state index in [1.54, 1.807) is 24.3 Å². The SMILES string of the molecule is O=C(Nc1nnc(SCc2ccc(Cl)cc2Cl)s1)c1cc(-c2ccco2)on1. The molecule has 142 valence electrons. The Balaban J connectivity index is 1.37. The van der Waals surface area contributed by atoms with Crippen LogP contribution in [0.4, 0.5) is 5.13 Å². The molecule has 0 unspecified atom stereocenters. The van der Waals surface area contributed by atoms with Crippen molar-refractivity contribution in [3.63, 3.8) is 0 Å². The lowest BCUT2D eigenvalue weighted by Crippen LogP contribution is -2.11. The lowest BCUT2D eigenvalue weighted by molar-refractivity contribution is 0.101. The largest absolute Gasteiger partial charge is 0.461 e. The van der Waals surface area contributed by atoms with Crippen molar-refractivity contribution in [2.75, 3.05) is 5.32 Å². The summed E-state index contributed by atoms with van der Waals surface area (Å²) >= 11 is 14.8. The van der Waals surface area contributed by atoms with E-state index in [0.29, 0.717) is 36.8 Å². The molecule has 0 saturated heterocycles. The van der Waals surface area contributed by atoms with Crippen LogP contribution in [0.3, 0.4) is 0 Å². The average Bonchev–Trinajstić information content (AvgIpc) is 3.42. The van der Waals surface area contributed by atoms with Crippen LogP contribution in [0.15, 0.2) is 55.9 Å². The Labute approximate surface area is 177 Å². The molecule has 0 aliphatic rings. The fourth-order valence-corrected chi connectivity index (χ4v) is 4.48. The minimum absolute atomic E-state index is 0.115. The third-order valence-electron chi connectivity index (χ3n) is 3.50. The standard InChI is InChI=1S/C17H10Cl2N4O3S2/c18-10-4-3-9(11(19)6-10)8-27-17-22-21-16(28-17)20-15(24)12-7-14(26-23-12)13-2-1-5-25-13/h1-7H,8H2,(H,20,21,24). The van der Waals surface area contributed by atoms with E-state index in [0.717, 1.165) is 5.56 Å². The molecule has 0 saturated carbocycles. The number of aromatic nitrogens is 3. The maximum absolute atomic E-state index is 12.3. The Hall–Kier alpha value is -2.33. The second-order valence-corrected chi connectivity index (χ2v) is 8.45. The van der Waals surface area contributed by atoms with Crippen LogP contribution in [0.1, 0.15) is 16.1 Å². The summed E-state index contributed by atoms with van der Waals surface area (Å²) in [6.45, 7) is 0. The van der Waals surface area contributed by atoms with Crippen molar-refractivity contribution in [1.82, 2.24) is 15.4 Å². The van der Waals surface area contributed by atoms with Crippen LogP contribution < -0.4 is 5.32 Å². The van der Waals surface area contributed by atoms with Crippen molar-refractivity contribution in [2.45, 2.75) is 10.1 Å². The van der Waals surface area contributed by atoms with Crippen molar-refractivity contribution in [1.29, 1.82) is 0 Å². The highest BCUT2D eigenvalue weighted by atomic mass is 35.5. The van der Waals surface area contributed by atoms with Gasteiger partial charge in [0.25, 0.3) is 5.91 Å². The highest BCUT2D eigenvalue weighted by Gasteiger charge is 2.17. The van der Waals surface area contributed by atoms with Gasteiger partial charge in [-0.2, -0.15) is 0 Å². The van der Waals surface area contributed by atoms with Gasteiger partial charge in [0.2, 0.25) is 10.9 Å². The smallest absolute Gasteiger partial charge is 0.279 e. The Kier molecular flexibility index (Phi) is 5.67. The fourth-order valence-electron chi connectivity index (χ4n) is 2.18. The van der Waals surface area contributed by atoms with E-state index in [2.05, 4.69) is 20.7 Å². The molecular formula is C17H10Cl2N4O3S2. The van der Waals surface area contributed by atoms with Gasteiger partial charge in [0.05, 0.1) is 6.26 Å². The third-order valence-corrected chi connectivity index (χ3v) is 6.11. The number of nitrogens with zero attached hydrogens (tertiary/aromatic N) is 3. The van der Waals surface area contributed by atoms with Gasteiger partial charge in [0, 0.05) is 21.9 Å². The Morgan fingerprint density at radius 1 is 1.18 bits per heavy atom. The number of amides is 1. The summed E-state index contributed by atoms with van der Waals surface area (Å²) in [5.41, 5.74) is 1.05. The predicted molar refractivity (Wildman–Crippen MR) is 108 cm³/mol. The maximum atomic E-state index is 12.3. The molecule has 0 radical (unpaired) electrons. The lowest BCUT2D eigenvalue weighted by Gasteiger charge is -2.02. The highest BCUT2D eigenvalue weighted by Crippen LogP contribution is 2.31. The number of thioether (sulfide) groups is 1. The molecule has 7 nitrogen and oxygen atoms in total. The van der Waals surface area contributed by atoms with E-state index in [9.17, 15) is 4.79 Å². The second-order valence-electron chi connectivity index (χ2n) is 5.41. The van der Waals surface area contributed by atoms with Crippen molar-refractivity contribution >= 4 is 57.3 Å². The quantitative estimate of drug-likeness (QED) is 0.298. The van der Waals surface area contributed by atoms with E-state index in [-0.39, 0.29) is 5.69 Å². The summed E-state index contributed by atoms with van der Waals surface area (Å²) in [7, 11) is 0. The molecule has 0 atom stereocenters. The number of anilines is 1. The van der Waals surface area contributed by atoms with Crippen molar-refractivity contribution in [3.05, 3.63) is 64.0 Å². The van der Waals surface area contributed by atoms with Crippen LogP contribution in [-0.4, -0.2) is 21.3 Å². The van der Waals surface area contributed by atoms with Gasteiger partial charge >= 0.3 is 0 Å². The summed E-state index contributed by atoms with van der Waals surface area (Å²) in [4.78, 5) is 12.3. The zero-order valence-corrected chi connectivity index (χ0v) is 17.0. The van der Waals surface area contributed by atoms with Crippen LogP contribution in [0.5, 0.6) is 0 Å². The zero-order valence-electron chi connectivity index (χ0n) is 13.9. The van der Waals surface area contributed by atoms with Gasteiger partial charge in [-0.3, -0.25) is 10.1 Å². The number of benzene rings is 1. The summed E-state index contributed by atoms with van der Waals surface area (Å²) in [6, 6.07) is 10.3. The number of nitrogens with one attached hydrogen (secondary N) is 1. The van der Waals surface area contributed by atoms with Gasteiger partial charge in [-0.25, -0.2) is 0 Å². The topological polar surface area (TPSA) is 94.1 Å². The number of halogens is 2. The molecule has 3 aromatic heterocycles. The first-order valence-corrected chi connectivity index (χ1v) is 10.4. The molecule has 4 rings (SSSR count). The number of carbonyl (C=O) groups excluding carboxylic acids is 1. The van der Waals surface area contributed by atoms with Gasteiger partial charge in [-0.1, -0.05) is 57.5 Å². The van der Waals surface area contributed by atoms with Crippen LogP contribution >= 0.6 is 46.3 Å². The molecular weight excluding hydrogens is 443 g/mol. The highest BCUT2D eigenvalue weighted by molar-refractivity contribution is 8.00. The Morgan fingerprint density at radius 2 is 2.07 bits per heavy atom. The Bertz CT molecular complexity index is 1110. The van der Waals surface area contributed by atoms with Crippen LogP contribution in [0.25, 0.3) is 11.5 Å². The number of furan rings is 1. The first-order valence-electron chi connectivity index (χ1n) is 7.80. The molecule has 28 heavy (non-hydrogen) atoms. The number of carbonyl (C=O) groups is 1. The van der Waals surface area contributed by atoms with E-state index in [1.807, 2.05) is 6.07 Å². The molecule has 11 heteroatoms. The van der Waals surface area contributed by atoms with Gasteiger partial charge in [0.1, 0.15) is 0 Å². The van der Waals surface area contributed by atoms with Crippen molar-refractivity contribution in [3.8, 4) is 11.5 Å². The minimum Gasteiger partial charge on any atom is -0.461 e. The third kappa shape index (κ3) is 4.39. The van der Waals surface area contributed by atoms with Crippen LogP contribution in [0.2, 0.25) is 10.0 Å². The number of hydrogen-bond acceptors (Lipinski definition) is 8. The summed E-state index contributed by atoms with van der Waals surface area (Å²) in [5, 5.41) is 16.0. The van der Waals surface area contributed by atoms with Gasteiger partial charge in [-0.05, 0) is 29.8 Å². The number of rotatable bonds is 6. The minimum atomic E-state index is -0.449. The summed E-state index contributed by atoms with van der Waals surface area (Å²) in [5.74, 6) is 1.01. The van der Waals surface area contributed by atoms with E-state index < -0.39 is 5.91 Å². The first kappa shape index (κ1) is 19.0. The maximum Gasteiger partial charge on any atom is 0.279 e. The first-order chi connectivity index (χ1) is 13.6. The average molecular weight is 453 g/mol. The summed E-state index contributed by atoms with van der Waals surface area (Å²) < 4.78 is 11.0. The molecule has 0 spiro atoms. The lowest BCUT2D eigenvalue weighted by atomic mass is 10.2. The normalized spacial score (nSPS) is 10.9. The molecule has 1 aromatic carbocycles.